The second-order valence-electron chi connectivity index (χ2n) is 5.70. The minimum atomic E-state index is -2.87. The van der Waals surface area contributed by atoms with Crippen molar-refractivity contribution in [3.05, 3.63) is 84.6 Å². The van der Waals surface area contributed by atoms with Crippen LogP contribution >= 0.6 is 0 Å². The van der Waals surface area contributed by atoms with E-state index in [0.717, 1.165) is 10.4 Å². The molecule has 0 radical (unpaired) electrons. The molecule has 0 aliphatic heterocycles. The Morgan fingerprint density at radius 2 is 1.42 bits per heavy atom. The highest BCUT2D eigenvalue weighted by Gasteiger charge is 2.44. The van der Waals surface area contributed by atoms with Gasteiger partial charge in [0.2, 0.25) is 0 Å². The molecule has 0 spiro atoms. The Balaban J connectivity index is 2.88. The Morgan fingerprint density at radius 3 is 1.81 bits per heavy atom. The van der Waals surface area contributed by atoms with E-state index in [1.165, 1.54) is 20.3 Å². The van der Waals surface area contributed by atoms with Gasteiger partial charge in [0.1, 0.15) is 0 Å². The number of carbonyl (C=O) groups is 2. The van der Waals surface area contributed by atoms with Crippen LogP contribution in [-0.4, -0.2) is 34.2 Å². The Morgan fingerprint density at radius 1 is 0.923 bits per heavy atom. The molecule has 0 amide bonds. The lowest BCUT2D eigenvalue weighted by Crippen LogP contribution is -2.61. The van der Waals surface area contributed by atoms with Crippen LogP contribution in [0.1, 0.15) is 0 Å². The molecular formula is C21H22O4Si. The van der Waals surface area contributed by atoms with Crippen molar-refractivity contribution in [3.63, 3.8) is 0 Å². The molecule has 0 unspecified atom stereocenters. The molecule has 0 N–H and O–H groups in total. The third kappa shape index (κ3) is 3.83. The van der Waals surface area contributed by atoms with Gasteiger partial charge in [-0.3, -0.25) is 0 Å². The molecule has 0 saturated carbocycles. The summed E-state index contributed by atoms with van der Waals surface area (Å²) in [5.74, 6) is -1.12. The molecule has 2 rings (SSSR count). The molecule has 0 heterocycles. The average Bonchev–Trinajstić information content (AvgIpc) is 2.71. The molecule has 0 bridgehead atoms. The van der Waals surface area contributed by atoms with Gasteiger partial charge < -0.3 is 9.47 Å². The highest BCUT2D eigenvalue weighted by molar-refractivity contribution is 7.10. The van der Waals surface area contributed by atoms with Crippen molar-refractivity contribution in [3.8, 4) is 0 Å². The smallest absolute Gasteiger partial charge is 0.330 e. The number of methoxy groups -OCH3 is 2. The van der Waals surface area contributed by atoms with Gasteiger partial charge in [-0.1, -0.05) is 66.7 Å². The van der Waals surface area contributed by atoms with E-state index in [1.807, 2.05) is 60.7 Å². The van der Waals surface area contributed by atoms with E-state index in [-0.39, 0.29) is 0 Å². The normalized spacial score (nSPS) is 11.5. The molecule has 0 aliphatic rings. The van der Waals surface area contributed by atoms with Crippen molar-refractivity contribution in [1.82, 2.24) is 0 Å². The van der Waals surface area contributed by atoms with Crippen LogP contribution in [-0.2, 0) is 19.1 Å². The average molecular weight is 366 g/mol. The number of allylic oxidation sites excluding steroid dienone is 1. The standard InChI is InChI=1S/C21H22O4Si/c1-4-15-26(17-11-7-5-8-12-17,18-13-9-6-10-14-18)19(21(23)25-3)16-20(22)24-2/h4-14,16H,1,15H2,2-3H3/b19-16+. The summed E-state index contributed by atoms with van der Waals surface area (Å²) in [6.07, 6.45) is 3.06. The van der Waals surface area contributed by atoms with Gasteiger partial charge in [-0.2, -0.15) is 0 Å². The van der Waals surface area contributed by atoms with Gasteiger partial charge in [-0.25, -0.2) is 9.59 Å². The number of rotatable bonds is 7. The zero-order chi connectivity index (χ0) is 19.0. The van der Waals surface area contributed by atoms with Crippen molar-refractivity contribution in [2.75, 3.05) is 14.2 Å². The monoisotopic (exact) mass is 366 g/mol. The third-order valence-corrected chi connectivity index (χ3v) is 9.12. The van der Waals surface area contributed by atoms with Crippen LogP contribution in [0.5, 0.6) is 0 Å². The lowest BCUT2D eigenvalue weighted by atomic mass is 10.4. The Bertz CT molecular complexity index is 758. The summed E-state index contributed by atoms with van der Waals surface area (Å²) in [4.78, 5) is 24.8. The molecule has 2 aromatic rings. The van der Waals surface area contributed by atoms with Crippen LogP contribution in [0.3, 0.4) is 0 Å². The van der Waals surface area contributed by atoms with E-state index < -0.39 is 20.0 Å². The molecule has 2 aromatic carbocycles. The second kappa shape index (κ2) is 8.96. The number of hydrogen-bond acceptors (Lipinski definition) is 4. The number of carbonyl (C=O) groups excluding carboxylic acids is 2. The zero-order valence-electron chi connectivity index (χ0n) is 15.0. The first-order valence-electron chi connectivity index (χ1n) is 8.20. The van der Waals surface area contributed by atoms with Crippen molar-refractivity contribution < 1.29 is 19.1 Å². The Labute approximate surface area is 154 Å². The van der Waals surface area contributed by atoms with Crippen molar-refractivity contribution in [2.45, 2.75) is 6.04 Å². The maximum Gasteiger partial charge on any atom is 0.330 e. The summed E-state index contributed by atoms with van der Waals surface area (Å²) >= 11 is 0. The summed E-state index contributed by atoms with van der Waals surface area (Å²) in [6.45, 7) is 3.90. The topological polar surface area (TPSA) is 52.6 Å². The third-order valence-electron chi connectivity index (χ3n) is 4.31. The molecular weight excluding hydrogens is 344 g/mol. The summed E-state index contributed by atoms with van der Waals surface area (Å²) in [7, 11) is -0.269. The van der Waals surface area contributed by atoms with E-state index in [1.54, 1.807) is 6.08 Å². The van der Waals surface area contributed by atoms with Gasteiger partial charge >= 0.3 is 11.9 Å². The van der Waals surface area contributed by atoms with E-state index >= 15 is 0 Å². The molecule has 0 aliphatic carbocycles. The van der Waals surface area contributed by atoms with E-state index in [2.05, 4.69) is 6.58 Å². The Hall–Kier alpha value is -2.92. The first-order chi connectivity index (χ1) is 12.6. The fraction of sp³-hybridized carbons (Fsp3) is 0.143. The number of hydrogen-bond donors (Lipinski definition) is 0. The van der Waals surface area contributed by atoms with Crippen molar-refractivity contribution in [2.24, 2.45) is 0 Å². The van der Waals surface area contributed by atoms with Crippen LogP contribution in [0.2, 0.25) is 6.04 Å². The maximum absolute atomic E-state index is 12.7. The van der Waals surface area contributed by atoms with Gasteiger partial charge in [0.15, 0.2) is 8.07 Å². The van der Waals surface area contributed by atoms with Crippen LogP contribution in [0.4, 0.5) is 0 Å². The molecule has 0 fully saturated rings. The highest BCUT2D eigenvalue weighted by atomic mass is 28.3. The maximum atomic E-state index is 12.7. The van der Waals surface area contributed by atoms with Crippen LogP contribution in [0.25, 0.3) is 0 Å². The summed E-state index contributed by atoms with van der Waals surface area (Å²) < 4.78 is 9.83. The van der Waals surface area contributed by atoms with Crippen LogP contribution < -0.4 is 10.4 Å². The van der Waals surface area contributed by atoms with E-state index in [4.69, 9.17) is 9.47 Å². The van der Waals surface area contributed by atoms with Gasteiger partial charge in [-0.05, 0) is 16.4 Å². The largest absolute Gasteiger partial charge is 0.466 e. The molecule has 0 aromatic heterocycles. The van der Waals surface area contributed by atoms with Crippen LogP contribution in [0.15, 0.2) is 84.6 Å². The molecule has 4 nitrogen and oxygen atoms in total. The first-order valence-corrected chi connectivity index (χ1v) is 10.4. The fourth-order valence-electron chi connectivity index (χ4n) is 3.13. The molecule has 0 atom stereocenters. The second-order valence-corrected chi connectivity index (χ2v) is 9.62. The molecule has 5 heteroatoms. The minimum absolute atomic E-state index is 0.337. The van der Waals surface area contributed by atoms with E-state index in [9.17, 15) is 9.59 Å². The van der Waals surface area contributed by atoms with Gasteiger partial charge in [0.25, 0.3) is 0 Å². The minimum Gasteiger partial charge on any atom is -0.466 e. The van der Waals surface area contributed by atoms with Crippen molar-refractivity contribution >= 4 is 30.4 Å². The summed E-state index contributed by atoms with van der Waals surface area (Å²) in [5, 5.41) is 2.32. The van der Waals surface area contributed by atoms with Gasteiger partial charge in [0, 0.05) is 11.3 Å². The van der Waals surface area contributed by atoms with Gasteiger partial charge in [-0.15, -0.1) is 6.58 Å². The number of esters is 2. The first kappa shape index (κ1) is 19.4. The lowest BCUT2D eigenvalue weighted by Gasteiger charge is -2.33. The highest BCUT2D eigenvalue weighted by Crippen LogP contribution is 2.23. The fourth-order valence-corrected chi connectivity index (χ4v) is 7.55. The number of benzene rings is 2. The van der Waals surface area contributed by atoms with Crippen molar-refractivity contribution in [1.29, 1.82) is 0 Å². The SMILES string of the molecule is C=CC[Si](/C(=C/C(=O)OC)C(=O)OC)(c1ccccc1)c1ccccc1. The summed E-state index contributed by atoms with van der Waals surface area (Å²) in [5.41, 5.74) is 0. The van der Waals surface area contributed by atoms with Crippen LogP contribution in [0, 0.1) is 0 Å². The number of ether oxygens (including phenoxy) is 2. The predicted octanol–water partition coefficient (Wildman–Crippen LogP) is 2.25. The predicted molar refractivity (Wildman–Crippen MR) is 105 cm³/mol. The molecule has 134 valence electrons. The van der Waals surface area contributed by atoms with Gasteiger partial charge in [0.05, 0.1) is 14.2 Å². The zero-order valence-corrected chi connectivity index (χ0v) is 16.0. The summed E-state index contributed by atoms with van der Waals surface area (Å²) in [6, 6.07) is 20.0. The van der Waals surface area contributed by atoms with E-state index in [0.29, 0.717) is 11.2 Å². The quantitative estimate of drug-likeness (QED) is 0.326. The Kier molecular flexibility index (Phi) is 6.69. The molecule has 0 saturated heterocycles. The lowest BCUT2D eigenvalue weighted by molar-refractivity contribution is -0.138. The molecule has 26 heavy (non-hydrogen) atoms.